The summed E-state index contributed by atoms with van der Waals surface area (Å²) in [6.07, 6.45) is 0.853. The third-order valence-electron chi connectivity index (χ3n) is 2.70. The molecule has 0 aliphatic rings. The Morgan fingerprint density at radius 2 is 1.90 bits per heavy atom. The summed E-state index contributed by atoms with van der Waals surface area (Å²) in [5.74, 6) is 1.34. The molecule has 0 atom stereocenters. The molecule has 0 saturated heterocycles. The predicted octanol–water partition coefficient (Wildman–Crippen LogP) is 2.86. The first-order valence-electron chi connectivity index (χ1n) is 6.53. The second-order valence-electron chi connectivity index (χ2n) is 4.96. The highest BCUT2D eigenvalue weighted by molar-refractivity contribution is 5.95. The molecule has 1 aromatic carbocycles. The van der Waals surface area contributed by atoms with Crippen LogP contribution in [0, 0.1) is 5.92 Å². The monoisotopic (exact) mass is 278 g/mol. The Labute approximate surface area is 120 Å². The van der Waals surface area contributed by atoms with Gasteiger partial charge >= 0.3 is 0 Å². The summed E-state index contributed by atoms with van der Waals surface area (Å²) in [5.41, 5.74) is 3.92. The van der Waals surface area contributed by atoms with Crippen molar-refractivity contribution >= 4 is 11.6 Å². The van der Waals surface area contributed by atoms with Crippen LogP contribution >= 0.6 is 0 Å². The number of nitrogens with one attached hydrogen (secondary N) is 1. The predicted molar refractivity (Wildman–Crippen MR) is 79.6 cm³/mol. The van der Waals surface area contributed by atoms with Gasteiger partial charge in [0.25, 0.3) is 5.91 Å². The average molecular weight is 278 g/mol. The van der Waals surface area contributed by atoms with Crippen molar-refractivity contribution in [3.05, 3.63) is 23.8 Å². The highest BCUT2D eigenvalue weighted by Gasteiger charge is 2.10. The molecule has 1 aromatic rings. The molecule has 20 heavy (non-hydrogen) atoms. The topological polar surface area (TPSA) is 59.9 Å². The molecular weight excluding hydrogens is 256 g/mol. The molecule has 0 unspecified atom stereocenters. The van der Waals surface area contributed by atoms with Gasteiger partial charge < -0.3 is 9.47 Å². The summed E-state index contributed by atoms with van der Waals surface area (Å²) < 4.78 is 10.3. The van der Waals surface area contributed by atoms with Gasteiger partial charge in [-0.1, -0.05) is 13.8 Å². The summed E-state index contributed by atoms with van der Waals surface area (Å²) in [6, 6.07) is 4.99. The minimum atomic E-state index is -0.269. The Balaban J connectivity index is 2.78. The molecule has 0 radical (unpaired) electrons. The van der Waals surface area contributed by atoms with Crippen molar-refractivity contribution in [3.8, 4) is 11.5 Å². The highest BCUT2D eigenvalue weighted by Crippen LogP contribution is 2.27. The van der Waals surface area contributed by atoms with Gasteiger partial charge in [-0.05, 0) is 37.5 Å². The molecule has 5 nitrogen and oxygen atoms in total. The maximum absolute atomic E-state index is 12.0. The number of hydrogen-bond donors (Lipinski definition) is 1. The lowest BCUT2D eigenvalue weighted by Crippen LogP contribution is -2.19. The molecule has 0 aromatic heterocycles. The summed E-state index contributed by atoms with van der Waals surface area (Å²) in [4.78, 5) is 12.0. The van der Waals surface area contributed by atoms with E-state index in [9.17, 15) is 4.79 Å². The number of hydrazone groups is 1. The minimum Gasteiger partial charge on any atom is -0.493 e. The number of hydrogen-bond acceptors (Lipinski definition) is 4. The van der Waals surface area contributed by atoms with E-state index in [2.05, 4.69) is 24.4 Å². The Hall–Kier alpha value is -2.04. The first-order chi connectivity index (χ1) is 9.47. The number of amides is 1. The smallest absolute Gasteiger partial charge is 0.271 e. The zero-order valence-electron chi connectivity index (χ0n) is 12.7. The SMILES string of the molecule is COc1ccc(C(=O)NN=C(C)CC(C)C)cc1OC. The van der Waals surface area contributed by atoms with Gasteiger partial charge in [0.15, 0.2) is 11.5 Å². The number of benzene rings is 1. The van der Waals surface area contributed by atoms with Gasteiger partial charge in [0.1, 0.15) is 0 Å². The molecule has 0 spiro atoms. The van der Waals surface area contributed by atoms with E-state index >= 15 is 0 Å². The van der Waals surface area contributed by atoms with Crippen LogP contribution < -0.4 is 14.9 Å². The fraction of sp³-hybridized carbons (Fsp3) is 0.467. The van der Waals surface area contributed by atoms with Crippen LogP contribution in [-0.4, -0.2) is 25.8 Å². The molecule has 0 aliphatic heterocycles. The number of ether oxygens (including phenoxy) is 2. The Kier molecular flexibility index (Phi) is 6.03. The standard InChI is InChI=1S/C15H22N2O3/c1-10(2)8-11(3)16-17-15(18)12-6-7-13(19-4)14(9-12)20-5/h6-7,9-10H,8H2,1-5H3,(H,17,18). The van der Waals surface area contributed by atoms with E-state index in [-0.39, 0.29) is 5.91 Å². The number of methoxy groups -OCH3 is 2. The van der Waals surface area contributed by atoms with E-state index in [0.717, 1.165) is 12.1 Å². The molecule has 0 fully saturated rings. The van der Waals surface area contributed by atoms with Gasteiger partial charge in [0.05, 0.1) is 14.2 Å². The van der Waals surface area contributed by atoms with Gasteiger partial charge in [-0.3, -0.25) is 4.79 Å². The van der Waals surface area contributed by atoms with Crippen LogP contribution in [0.5, 0.6) is 11.5 Å². The van der Waals surface area contributed by atoms with Crippen LogP contribution in [0.25, 0.3) is 0 Å². The van der Waals surface area contributed by atoms with E-state index in [1.54, 1.807) is 25.3 Å². The van der Waals surface area contributed by atoms with Crippen LogP contribution in [0.2, 0.25) is 0 Å². The molecule has 0 bridgehead atoms. The summed E-state index contributed by atoms with van der Waals surface area (Å²) in [7, 11) is 3.08. The third-order valence-corrected chi connectivity index (χ3v) is 2.70. The van der Waals surface area contributed by atoms with Crippen LogP contribution in [-0.2, 0) is 0 Å². The molecule has 1 amide bonds. The Morgan fingerprint density at radius 3 is 2.45 bits per heavy atom. The zero-order chi connectivity index (χ0) is 15.1. The van der Waals surface area contributed by atoms with Crippen molar-refractivity contribution in [1.29, 1.82) is 0 Å². The molecule has 1 rings (SSSR count). The lowest BCUT2D eigenvalue weighted by Gasteiger charge is -2.09. The van der Waals surface area contributed by atoms with E-state index < -0.39 is 0 Å². The first-order valence-corrected chi connectivity index (χ1v) is 6.53. The Morgan fingerprint density at radius 1 is 1.25 bits per heavy atom. The number of carbonyl (C=O) groups is 1. The number of nitrogens with zero attached hydrogens (tertiary/aromatic N) is 1. The molecule has 0 heterocycles. The van der Waals surface area contributed by atoms with Gasteiger partial charge in [-0.15, -0.1) is 0 Å². The average Bonchev–Trinajstić information content (AvgIpc) is 2.43. The number of carbonyl (C=O) groups excluding carboxylic acids is 1. The van der Waals surface area contributed by atoms with Crippen molar-refractivity contribution in [3.63, 3.8) is 0 Å². The van der Waals surface area contributed by atoms with E-state index in [1.807, 2.05) is 6.92 Å². The summed E-state index contributed by atoms with van der Waals surface area (Å²) >= 11 is 0. The quantitative estimate of drug-likeness (QED) is 0.643. The highest BCUT2D eigenvalue weighted by atomic mass is 16.5. The lowest BCUT2D eigenvalue weighted by atomic mass is 10.1. The summed E-state index contributed by atoms with van der Waals surface area (Å²) in [6.45, 7) is 6.11. The summed E-state index contributed by atoms with van der Waals surface area (Å²) in [5, 5.41) is 4.08. The van der Waals surface area contributed by atoms with Crippen molar-refractivity contribution in [1.82, 2.24) is 5.43 Å². The van der Waals surface area contributed by atoms with Crippen molar-refractivity contribution < 1.29 is 14.3 Å². The van der Waals surface area contributed by atoms with Crippen LogP contribution in [0.4, 0.5) is 0 Å². The van der Waals surface area contributed by atoms with Gasteiger partial charge in [0.2, 0.25) is 0 Å². The van der Waals surface area contributed by atoms with Crippen molar-refractivity contribution in [2.75, 3.05) is 14.2 Å². The molecule has 1 N–H and O–H groups in total. The third kappa shape index (κ3) is 4.57. The van der Waals surface area contributed by atoms with Gasteiger partial charge in [-0.2, -0.15) is 5.10 Å². The largest absolute Gasteiger partial charge is 0.493 e. The maximum Gasteiger partial charge on any atom is 0.271 e. The van der Waals surface area contributed by atoms with E-state index in [4.69, 9.17) is 9.47 Å². The molecule has 0 saturated carbocycles. The van der Waals surface area contributed by atoms with E-state index in [0.29, 0.717) is 23.0 Å². The normalized spacial score (nSPS) is 11.4. The maximum atomic E-state index is 12.0. The number of rotatable bonds is 6. The van der Waals surface area contributed by atoms with Gasteiger partial charge in [-0.25, -0.2) is 5.43 Å². The Bertz CT molecular complexity index is 496. The minimum absolute atomic E-state index is 0.269. The molecule has 0 aliphatic carbocycles. The van der Waals surface area contributed by atoms with Crippen molar-refractivity contribution in [2.24, 2.45) is 11.0 Å². The zero-order valence-corrected chi connectivity index (χ0v) is 12.7. The van der Waals surface area contributed by atoms with Crippen LogP contribution in [0.1, 0.15) is 37.6 Å². The molecule has 110 valence electrons. The second-order valence-corrected chi connectivity index (χ2v) is 4.96. The second kappa shape index (κ2) is 7.53. The fourth-order valence-corrected chi connectivity index (χ4v) is 1.82. The molecule has 5 heteroatoms. The molecular formula is C15H22N2O3. The fourth-order valence-electron chi connectivity index (χ4n) is 1.82. The van der Waals surface area contributed by atoms with Crippen molar-refractivity contribution in [2.45, 2.75) is 27.2 Å². The van der Waals surface area contributed by atoms with E-state index in [1.165, 1.54) is 7.11 Å². The van der Waals surface area contributed by atoms with Crippen LogP contribution in [0.15, 0.2) is 23.3 Å². The van der Waals surface area contributed by atoms with Gasteiger partial charge in [0, 0.05) is 11.3 Å². The first kappa shape index (κ1) is 16.0. The van der Waals surface area contributed by atoms with Crippen LogP contribution in [0.3, 0.4) is 0 Å². The lowest BCUT2D eigenvalue weighted by molar-refractivity contribution is 0.0954.